The maximum Gasteiger partial charge on any atom is 0.224 e. The Morgan fingerprint density at radius 2 is 2.18 bits per heavy atom. The highest BCUT2D eigenvalue weighted by Crippen LogP contribution is 2.16. The van der Waals surface area contributed by atoms with Gasteiger partial charge in [-0.15, -0.1) is 5.10 Å². The summed E-state index contributed by atoms with van der Waals surface area (Å²) in [7, 11) is 0. The molecule has 0 unspecified atom stereocenters. The molecule has 0 saturated heterocycles. The Bertz CT molecular complexity index is 657. The zero-order valence-corrected chi connectivity index (χ0v) is 8.74. The lowest BCUT2D eigenvalue weighted by molar-refractivity contribution is 0.479. The summed E-state index contributed by atoms with van der Waals surface area (Å²) in [5.74, 6) is 1.06. The molecule has 0 aliphatic rings. The van der Waals surface area contributed by atoms with Crippen molar-refractivity contribution in [2.75, 3.05) is 11.5 Å². The number of hydrogen-bond donors (Lipinski definition) is 2. The number of aromatic nitrogens is 5. The Hall–Kier alpha value is -2.64. The number of fused-ring (bicyclic) bond motifs is 1. The van der Waals surface area contributed by atoms with Crippen LogP contribution in [-0.2, 0) is 6.54 Å². The zero-order valence-electron chi connectivity index (χ0n) is 8.74. The molecule has 0 radical (unpaired) electrons. The van der Waals surface area contributed by atoms with Crippen molar-refractivity contribution in [3.8, 4) is 0 Å². The molecule has 0 aromatic carbocycles. The molecule has 0 spiro atoms. The molecule has 0 aliphatic heterocycles. The van der Waals surface area contributed by atoms with Crippen LogP contribution in [0.2, 0.25) is 0 Å². The second-order valence-corrected chi connectivity index (χ2v) is 3.47. The predicted octanol–water partition coefficient (Wildman–Crippen LogP) is 0.0270. The average molecular weight is 231 g/mol. The summed E-state index contributed by atoms with van der Waals surface area (Å²) in [5.41, 5.74) is 12.1. The van der Waals surface area contributed by atoms with Gasteiger partial charge in [0.1, 0.15) is 12.3 Å². The van der Waals surface area contributed by atoms with Gasteiger partial charge in [-0.25, -0.2) is 4.68 Å². The van der Waals surface area contributed by atoms with Crippen molar-refractivity contribution in [3.63, 3.8) is 0 Å². The smallest absolute Gasteiger partial charge is 0.224 e. The van der Waals surface area contributed by atoms with Gasteiger partial charge in [0.25, 0.3) is 0 Å². The fourth-order valence-corrected chi connectivity index (χ4v) is 1.55. The predicted molar refractivity (Wildman–Crippen MR) is 59.8 cm³/mol. The number of nitrogen functional groups attached to an aromatic ring is 2. The summed E-state index contributed by atoms with van der Waals surface area (Å²) in [6.45, 7) is 0.416. The lowest BCUT2D eigenvalue weighted by Gasteiger charge is -1.99. The lowest BCUT2D eigenvalue weighted by atomic mass is 10.4. The number of rotatable bonds is 2. The van der Waals surface area contributed by atoms with Gasteiger partial charge in [-0.2, -0.15) is 9.97 Å². The maximum absolute atomic E-state index is 5.67. The topological polar surface area (TPSA) is 122 Å². The molecule has 0 aliphatic carbocycles. The van der Waals surface area contributed by atoms with E-state index >= 15 is 0 Å². The SMILES string of the molecule is Nc1nc(N)c2nnn(Cc3ccco3)c2n1. The molecule has 0 atom stereocenters. The normalized spacial score (nSPS) is 11.1. The number of furan rings is 1. The molecule has 0 bridgehead atoms. The largest absolute Gasteiger partial charge is 0.467 e. The molecule has 3 aromatic heterocycles. The van der Waals surface area contributed by atoms with Crippen LogP contribution >= 0.6 is 0 Å². The van der Waals surface area contributed by atoms with Crippen molar-refractivity contribution in [1.29, 1.82) is 0 Å². The van der Waals surface area contributed by atoms with Crippen LogP contribution in [-0.4, -0.2) is 25.0 Å². The minimum Gasteiger partial charge on any atom is -0.467 e. The van der Waals surface area contributed by atoms with Gasteiger partial charge in [-0.3, -0.25) is 0 Å². The van der Waals surface area contributed by atoms with E-state index in [1.807, 2.05) is 6.07 Å². The molecule has 4 N–H and O–H groups in total. The van der Waals surface area contributed by atoms with Gasteiger partial charge in [0.15, 0.2) is 17.0 Å². The molecule has 3 aromatic rings. The third-order valence-electron chi connectivity index (χ3n) is 2.29. The first-order valence-electron chi connectivity index (χ1n) is 4.88. The second kappa shape index (κ2) is 3.44. The summed E-state index contributed by atoms with van der Waals surface area (Å²) < 4.78 is 6.78. The molecular formula is C9H9N7O. The van der Waals surface area contributed by atoms with Crippen molar-refractivity contribution < 1.29 is 4.42 Å². The van der Waals surface area contributed by atoms with Crippen LogP contribution in [0.5, 0.6) is 0 Å². The van der Waals surface area contributed by atoms with Gasteiger partial charge < -0.3 is 15.9 Å². The van der Waals surface area contributed by atoms with Crippen LogP contribution in [0.1, 0.15) is 5.76 Å². The molecule has 8 heteroatoms. The molecule has 3 rings (SSSR count). The third-order valence-corrected chi connectivity index (χ3v) is 2.29. The fraction of sp³-hybridized carbons (Fsp3) is 0.111. The van der Waals surface area contributed by atoms with Crippen LogP contribution < -0.4 is 11.5 Å². The summed E-state index contributed by atoms with van der Waals surface area (Å²) in [5, 5.41) is 7.85. The van der Waals surface area contributed by atoms with E-state index in [0.717, 1.165) is 5.76 Å². The van der Waals surface area contributed by atoms with Gasteiger partial charge in [0.2, 0.25) is 5.95 Å². The first-order valence-corrected chi connectivity index (χ1v) is 4.88. The first kappa shape index (κ1) is 9.58. The summed E-state index contributed by atoms with van der Waals surface area (Å²) in [6.07, 6.45) is 1.59. The highest BCUT2D eigenvalue weighted by atomic mass is 16.3. The molecular weight excluding hydrogens is 222 g/mol. The fourth-order valence-electron chi connectivity index (χ4n) is 1.55. The van der Waals surface area contributed by atoms with E-state index in [-0.39, 0.29) is 11.8 Å². The summed E-state index contributed by atoms with van der Waals surface area (Å²) in [6, 6.07) is 3.63. The first-order chi connectivity index (χ1) is 8.24. The Labute approximate surface area is 95.2 Å². The van der Waals surface area contributed by atoms with Crippen LogP contribution in [0.4, 0.5) is 11.8 Å². The minimum atomic E-state index is 0.0954. The number of nitrogens with two attached hydrogens (primary N) is 2. The minimum absolute atomic E-state index is 0.0954. The van der Waals surface area contributed by atoms with Crippen molar-refractivity contribution in [2.24, 2.45) is 0 Å². The Balaban J connectivity index is 2.11. The van der Waals surface area contributed by atoms with E-state index in [9.17, 15) is 0 Å². The van der Waals surface area contributed by atoms with E-state index in [4.69, 9.17) is 15.9 Å². The van der Waals surface area contributed by atoms with E-state index in [1.165, 1.54) is 0 Å². The highest BCUT2D eigenvalue weighted by molar-refractivity contribution is 5.81. The van der Waals surface area contributed by atoms with Gasteiger partial charge in [0.05, 0.1) is 6.26 Å². The quantitative estimate of drug-likeness (QED) is 0.637. The van der Waals surface area contributed by atoms with Crippen molar-refractivity contribution >= 4 is 22.9 Å². The summed E-state index contributed by atoms with van der Waals surface area (Å²) >= 11 is 0. The van der Waals surface area contributed by atoms with E-state index in [0.29, 0.717) is 17.7 Å². The third kappa shape index (κ3) is 1.55. The number of anilines is 2. The molecule has 0 amide bonds. The number of hydrogen-bond acceptors (Lipinski definition) is 7. The zero-order chi connectivity index (χ0) is 11.8. The van der Waals surface area contributed by atoms with E-state index < -0.39 is 0 Å². The molecule has 86 valence electrons. The van der Waals surface area contributed by atoms with Crippen molar-refractivity contribution in [2.45, 2.75) is 6.54 Å². The standard InChI is InChI=1S/C9H9N7O/c10-7-6-8(13-9(11)12-7)16(15-14-6)4-5-2-1-3-17-5/h1-3H,4H2,(H4,10,11,12,13). The monoisotopic (exact) mass is 231 g/mol. The van der Waals surface area contributed by atoms with E-state index in [2.05, 4.69) is 20.3 Å². The van der Waals surface area contributed by atoms with Crippen LogP contribution in [0, 0.1) is 0 Å². The average Bonchev–Trinajstić information content (AvgIpc) is 2.89. The Morgan fingerprint density at radius 3 is 2.94 bits per heavy atom. The van der Waals surface area contributed by atoms with Gasteiger partial charge >= 0.3 is 0 Å². The maximum atomic E-state index is 5.67. The second-order valence-electron chi connectivity index (χ2n) is 3.47. The summed E-state index contributed by atoms with van der Waals surface area (Å²) in [4.78, 5) is 7.88. The molecule has 8 nitrogen and oxygen atoms in total. The molecule has 17 heavy (non-hydrogen) atoms. The van der Waals surface area contributed by atoms with E-state index in [1.54, 1.807) is 17.0 Å². The lowest BCUT2D eigenvalue weighted by Crippen LogP contribution is -2.05. The Morgan fingerprint density at radius 1 is 1.29 bits per heavy atom. The van der Waals surface area contributed by atoms with Gasteiger partial charge in [-0.05, 0) is 12.1 Å². The van der Waals surface area contributed by atoms with Crippen LogP contribution in [0.25, 0.3) is 11.2 Å². The molecule has 0 saturated carbocycles. The highest BCUT2D eigenvalue weighted by Gasteiger charge is 2.12. The van der Waals surface area contributed by atoms with Crippen molar-refractivity contribution in [1.82, 2.24) is 25.0 Å². The van der Waals surface area contributed by atoms with Crippen LogP contribution in [0.15, 0.2) is 22.8 Å². The Kier molecular flexibility index (Phi) is 1.94. The molecule has 0 fully saturated rings. The van der Waals surface area contributed by atoms with Gasteiger partial charge in [-0.1, -0.05) is 5.21 Å². The number of nitrogens with zero attached hydrogens (tertiary/aromatic N) is 5. The van der Waals surface area contributed by atoms with Crippen molar-refractivity contribution in [3.05, 3.63) is 24.2 Å². The van der Waals surface area contributed by atoms with Crippen LogP contribution in [0.3, 0.4) is 0 Å². The van der Waals surface area contributed by atoms with Gasteiger partial charge in [0, 0.05) is 0 Å². The molecule has 3 heterocycles.